The van der Waals surface area contributed by atoms with Crippen LogP contribution in [0.1, 0.15) is 16.7 Å². The third kappa shape index (κ3) is 4.33. The Morgan fingerprint density at radius 1 is 1.00 bits per heavy atom. The molecule has 0 bridgehead atoms. The number of rotatable bonds is 5. The van der Waals surface area contributed by atoms with Crippen LogP contribution in [0, 0.1) is 20.8 Å². The van der Waals surface area contributed by atoms with E-state index in [1.54, 1.807) is 22.8 Å². The van der Waals surface area contributed by atoms with Crippen LogP contribution in [-0.2, 0) is 10.0 Å². The molecule has 31 heavy (non-hydrogen) atoms. The summed E-state index contributed by atoms with van der Waals surface area (Å²) >= 11 is 1.58. The number of hydrogen-bond acceptors (Lipinski definition) is 6. The molecule has 8 heteroatoms. The molecule has 1 fully saturated rings. The summed E-state index contributed by atoms with van der Waals surface area (Å²) in [7, 11) is -1.86. The molecule has 0 radical (unpaired) electrons. The first-order valence-electron chi connectivity index (χ1n) is 10.2. The highest BCUT2D eigenvalue weighted by molar-refractivity contribution is 7.89. The van der Waals surface area contributed by atoms with E-state index >= 15 is 0 Å². The molecule has 0 saturated carbocycles. The van der Waals surface area contributed by atoms with Gasteiger partial charge in [0.15, 0.2) is 5.13 Å². The predicted octanol–water partition coefficient (Wildman–Crippen LogP) is 4.25. The third-order valence-electron chi connectivity index (χ3n) is 5.57. The molecule has 1 aliphatic rings. The van der Waals surface area contributed by atoms with Gasteiger partial charge >= 0.3 is 0 Å². The minimum absolute atomic E-state index is 0.445. The number of sulfonamides is 1. The molecule has 1 saturated heterocycles. The van der Waals surface area contributed by atoms with Crippen molar-refractivity contribution < 1.29 is 13.2 Å². The van der Waals surface area contributed by atoms with Crippen molar-refractivity contribution in [1.29, 1.82) is 0 Å². The molecule has 0 aliphatic carbocycles. The van der Waals surface area contributed by atoms with Crippen LogP contribution in [0.25, 0.3) is 11.3 Å². The minimum atomic E-state index is -3.52. The van der Waals surface area contributed by atoms with E-state index in [4.69, 9.17) is 9.72 Å². The maximum Gasteiger partial charge on any atom is 0.243 e. The molecular formula is C23H27N3O3S2. The van der Waals surface area contributed by atoms with Crippen LogP contribution in [0.2, 0.25) is 0 Å². The van der Waals surface area contributed by atoms with E-state index in [1.807, 2.05) is 62.5 Å². The van der Waals surface area contributed by atoms with Crippen molar-refractivity contribution in [1.82, 2.24) is 9.29 Å². The lowest BCUT2D eigenvalue weighted by atomic mass is 10.1. The van der Waals surface area contributed by atoms with Gasteiger partial charge in [-0.3, -0.25) is 0 Å². The van der Waals surface area contributed by atoms with Gasteiger partial charge < -0.3 is 9.64 Å². The molecule has 1 aromatic heterocycles. The summed E-state index contributed by atoms with van der Waals surface area (Å²) in [5.74, 6) is 0.799. The second kappa shape index (κ2) is 8.61. The Morgan fingerprint density at radius 3 is 2.32 bits per heavy atom. The van der Waals surface area contributed by atoms with Crippen LogP contribution in [-0.4, -0.2) is 51.0 Å². The number of aryl methyl sites for hydroxylation is 3. The molecule has 1 aliphatic heterocycles. The van der Waals surface area contributed by atoms with Gasteiger partial charge in [-0.1, -0.05) is 29.8 Å². The van der Waals surface area contributed by atoms with Crippen LogP contribution < -0.4 is 9.64 Å². The zero-order chi connectivity index (χ0) is 22.2. The van der Waals surface area contributed by atoms with Crippen molar-refractivity contribution in [2.24, 2.45) is 0 Å². The van der Waals surface area contributed by atoms with Crippen molar-refractivity contribution in [2.45, 2.75) is 25.7 Å². The number of anilines is 1. The summed E-state index contributed by atoms with van der Waals surface area (Å²) in [6, 6.07) is 11.7. The van der Waals surface area contributed by atoms with E-state index in [9.17, 15) is 8.42 Å². The number of thiazole rings is 1. The quantitative estimate of drug-likeness (QED) is 0.573. The average Bonchev–Trinajstić information content (AvgIpc) is 3.23. The SMILES string of the molecule is COc1cccc(-c2csc(N3CCN(S(=O)(=O)c4c(C)cc(C)cc4C)CC3)n2)c1. The van der Waals surface area contributed by atoms with Gasteiger partial charge in [0.2, 0.25) is 10.0 Å². The highest BCUT2D eigenvalue weighted by Crippen LogP contribution is 2.31. The van der Waals surface area contributed by atoms with Gasteiger partial charge in [-0.15, -0.1) is 11.3 Å². The van der Waals surface area contributed by atoms with E-state index in [-0.39, 0.29) is 0 Å². The first-order chi connectivity index (χ1) is 14.8. The average molecular weight is 458 g/mol. The largest absolute Gasteiger partial charge is 0.497 e. The molecule has 0 atom stereocenters. The van der Waals surface area contributed by atoms with Crippen molar-refractivity contribution in [3.8, 4) is 17.0 Å². The van der Waals surface area contributed by atoms with Gasteiger partial charge in [0.1, 0.15) is 5.75 Å². The predicted molar refractivity (Wildman–Crippen MR) is 126 cm³/mol. The normalized spacial score (nSPS) is 15.3. The van der Waals surface area contributed by atoms with Crippen LogP contribution in [0.4, 0.5) is 5.13 Å². The van der Waals surface area contributed by atoms with Gasteiger partial charge in [-0.25, -0.2) is 13.4 Å². The van der Waals surface area contributed by atoms with Gasteiger partial charge in [-0.05, 0) is 44.0 Å². The Hall–Kier alpha value is -2.42. The van der Waals surface area contributed by atoms with Gasteiger partial charge in [0, 0.05) is 37.1 Å². The molecule has 2 heterocycles. The molecule has 0 amide bonds. The summed E-state index contributed by atoms with van der Waals surface area (Å²) in [5, 5.41) is 2.95. The molecule has 0 spiro atoms. The molecule has 4 rings (SSSR count). The van der Waals surface area contributed by atoms with Crippen molar-refractivity contribution >= 4 is 26.5 Å². The van der Waals surface area contributed by atoms with E-state index < -0.39 is 10.0 Å². The number of aromatic nitrogens is 1. The molecule has 2 aromatic carbocycles. The van der Waals surface area contributed by atoms with Crippen LogP contribution in [0.15, 0.2) is 46.7 Å². The highest BCUT2D eigenvalue weighted by atomic mass is 32.2. The van der Waals surface area contributed by atoms with Crippen LogP contribution in [0.3, 0.4) is 0 Å². The monoisotopic (exact) mass is 457 g/mol. The summed E-state index contributed by atoms with van der Waals surface area (Å²) in [5.41, 5.74) is 4.60. The fourth-order valence-electron chi connectivity index (χ4n) is 4.15. The number of nitrogens with zero attached hydrogens (tertiary/aromatic N) is 3. The first kappa shape index (κ1) is 21.8. The smallest absolute Gasteiger partial charge is 0.243 e. The second-order valence-corrected chi connectivity index (χ2v) is 10.6. The minimum Gasteiger partial charge on any atom is -0.497 e. The molecule has 3 aromatic rings. The van der Waals surface area contributed by atoms with E-state index in [1.165, 1.54) is 0 Å². The third-order valence-corrected chi connectivity index (χ3v) is 8.68. The van der Waals surface area contributed by atoms with Crippen LogP contribution in [0.5, 0.6) is 5.75 Å². The number of methoxy groups -OCH3 is 1. The van der Waals surface area contributed by atoms with E-state index in [0.29, 0.717) is 31.1 Å². The Labute approximate surface area is 188 Å². The molecule has 6 nitrogen and oxygen atoms in total. The zero-order valence-electron chi connectivity index (χ0n) is 18.3. The Bertz CT molecular complexity index is 1170. The molecular weight excluding hydrogens is 430 g/mol. The maximum absolute atomic E-state index is 13.3. The van der Waals surface area contributed by atoms with Crippen molar-refractivity contribution in [3.63, 3.8) is 0 Å². The fraction of sp³-hybridized carbons (Fsp3) is 0.348. The van der Waals surface area contributed by atoms with Gasteiger partial charge in [-0.2, -0.15) is 4.31 Å². The van der Waals surface area contributed by atoms with Crippen molar-refractivity contribution in [3.05, 3.63) is 58.5 Å². The summed E-state index contributed by atoms with van der Waals surface area (Å²) < 4.78 is 33.5. The Kier molecular flexibility index (Phi) is 6.05. The number of benzene rings is 2. The van der Waals surface area contributed by atoms with Crippen LogP contribution >= 0.6 is 11.3 Å². The number of piperazine rings is 1. The molecule has 164 valence electrons. The maximum atomic E-state index is 13.3. The van der Waals surface area contributed by atoms with Crippen molar-refractivity contribution in [2.75, 3.05) is 38.2 Å². The Morgan fingerprint density at radius 2 is 1.68 bits per heavy atom. The summed E-state index contributed by atoms with van der Waals surface area (Å²) in [4.78, 5) is 7.39. The lowest BCUT2D eigenvalue weighted by Crippen LogP contribution is -2.48. The molecule has 0 unspecified atom stereocenters. The van der Waals surface area contributed by atoms with E-state index in [0.717, 1.165) is 38.8 Å². The van der Waals surface area contributed by atoms with Gasteiger partial charge in [0.25, 0.3) is 0 Å². The fourth-order valence-corrected chi connectivity index (χ4v) is 6.87. The topological polar surface area (TPSA) is 62.7 Å². The zero-order valence-corrected chi connectivity index (χ0v) is 19.9. The molecule has 0 N–H and O–H groups in total. The number of hydrogen-bond donors (Lipinski definition) is 0. The lowest BCUT2D eigenvalue weighted by Gasteiger charge is -2.34. The number of ether oxygens (including phenoxy) is 1. The summed E-state index contributed by atoms with van der Waals surface area (Å²) in [6.07, 6.45) is 0. The second-order valence-electron chi connectivity index (χ2n) is 7.87. The summed E-state index contributed by atoms with van der Waals surface area (Å²) in [6.45, 7) is 7.87. The lowest BCUT2D eigenvalue weighted by molar-refractivity contribution is 0.384. The highest BCUT2D eigenvalue weighted by Gasteiger charge is 2.31. The van der Waals surface area contributed by atoms with E-state index in [2.05, 4.69) is 4.90 Å². The van der Waals surface area contributed by atoms with Gasteiger partial charge in [0.05, 0.1) is 17.7 Å². The Balaban J connectivity index is 1.49. The first-order valence-corrected chi connectivity index (χ1v) is 12.5. The standard InChI is InChI=1S/C23H27N3O3S2/c1-16-12-17(2)22(18(3)13-16)31(27,28)26-10-8-25(9-11-26)23-24-21(15-30-23)19-6-5-7-20(14-19)29-4/h5-7,12-15H,8-11H2,1-4H3.